The Bertz CT molecular complexity index is 433. The van der Waals surface area contributed by atoms with Crippen LogP contribution < -0.4 is 5.32 Å². The van der Waals surface area contributed by atoms with Crippen molar-refractivity contribution in [1.82, 2.24) is 4.98 Å². The Labute approximate surface area is 74.2 Å². The molecule has 0 fully saturated rings. The molecule has 3 heteroatoms. The van der Waals surface area contributed by atoms with E-state index >= 15 is 0 Å². The number of hydrogen-bond donors (Lipinski definition) is 1. The quantitative estimate of drug-likeness (QED) is 0.666. The van der Waals surface area contributed by atoms with Crippen molar-refractivity contribution in [2.75, 3.05) is 11.9 Å². The van der Waals surface area contributed by atoms with Gasteiger partial charge < -0.3 is 5.32 Å². The van der Waals surface area contributed by atoms with Crippen molar-refractivity contribution in [2.24, 2.45) is 0 Å². The molecule has 0 spiro atoms. The van der Waals surface area contributed by atoms with E-state index in [4.69, 9.17) is 0 Å². The summed E-state index contributed by atoms with van der Waals surface area (Å²) in [4.78, 5) is 5.61. The van der Waals surface area contributed by atoms with E-state index in [0.29, 0.717) is 0 Å². The molecule has 1 N–H and O–H groups in total. The zero-order chi connectivity index (χ0) is 7.97. The number of fused-ring (bicyclic) bond motifs is 3. The van der Waals surface area contributed by atoms with Crippen LogP contribution in [0.5, 0.6) is 0 Å². The number of pyridine rings is 1. The molecule has 0 atom stereocenters. The molecule has 2 nitrogen and oxygen atoms in total. The average molecular weight is 176 g/mol. The predicted octanol–water partition coefficient (Wildman–Crippen LogP) is 2.26. The van der Waals surface area contributed by atoms with Crippen molar-refractivity contribution in [3.63, 3.8) is 0 Å². The third kappa shape index (κ3) is 0.716. The van der Waals surface area contributed by atoms with Gasteiger partial charge in [-0.1, -0.05) is 0 Å². The highest BCUT2D eigenvalue weighted by Gasteiger charge is 2.15. The molecule has 0 unspecified atom stereocenters. The Morgan fingerprint density at radius 2 is 2.50 bits per heavy atom. The van der Waals surface area contributed by atoms with Crippen LogP contribution in [0.2, 0.25) is 0 Å². The van der Waals surface area contributed by atoms with E-state index in [1.165, 1.54) is 27.1 Å². The molecule has 3 heterocycles. The van der Waals surface area contributed by atoms with Crippen molar-refractivity contribution in [2.45, 2.75) is 6.42 Å². The molecule has 0 radical (unpaired) electrons. The van der Waals surface area contributed by atoms with Crippen molar-refractivity contribution in [3.8, 4) is 0 Å². The van der Waals surface area contributed by atoms with Crippen molar-refractivity contribution < 1.29 is 0 Å². The van der Waals surface area contributed by atoms with E-state index in [9.17, 15) is 0 Å². The Kier molecular flexibility index (Phi) is 1.18. The molecule has 3 rings (SSSR count). The largest absolute Gasteiger partial charge is 0.383 e. The highest BCUT2D eigenvalue weighted by molar-refractivity contribution is 7.19. The van der Waals surface area contributed by atoms with Crippen LogP contribution in [-0.2, 0) is 6.42 Å². The first-order valence-electron chi connectivity index (χ1n) is 4.04. The topological polar surface area (TPSA) is 24.9 Å². The van der Waals surface area contributed by atoms with Crippen LogP contribution in [0.3, 0.4) is 0 Å². The number of anilines is 1. The van der Waals surface area contributed by atoms with Crippen LogP contribution in [0.15, 0.2) is 18.5 Å². The van der Waals surface area contributed by atoms with Crippen molar-refractivity contribution >= 4 is 27.1 Å². The van der Waals surface area contributed by atoms with E-state index in [2.05, 4.69) is 16.4 Å². The zero-order valence-corrected chi connectivity index (χ0v) is 7.32. The van der Waals surface area contributed by atoms with Crippen LogP contribution in [0, 0.1) is 0 Å². The third-order valence-electron chi connectivity index (χ3n) is 2.22. The second kappa shape index (κ2) is 2.20. The fourth-order valence-electron chi connectivity index (χ4n) is 1.66. The molecular formula is C9H8N2S. The highest BCUT2D eigenvalue weighted by atomic mass is 32.1. The highest BCUT2D eigenvalue weighted by Crippen LogP contribution is 2.38. The Morgan fingerprint density at radius 3 is 3.50 bits per heavy atom. The van der Waals surface area contributed by atoms with Crippen LogP contribution in [-0.4, -0.2) is 11.5 Å². The van der Waals surface area contributed by atoms with Crippen LogP contribution in [0.1, 0.15) is 4.88 Å². The number of thiophene rings is 1. The minimum atomic E-state index is 1.09. The molecular weight excluding hydrogens is 168 g/mol. The first kappa shape index (κ1) is 6.43. The molecule has 12 heavy (non-hydrogen) atoms. The summed E-state index contributed by atoms with van der Waals surface area (Å²) in [6.45, 7) is 1.09. The fourth-order valence-corrected chi connectivity index (χ4v) is 2.81. The predicted molar refractivity (Wildman–Crippen MR) is 51.8 cm³/mol. The van der Waals surface area contributed by atoms with Gasteiger partial charge in [0, 0.05) is 40.3 Å². The van der Waals surface area contributed by atoms with Crippen molar-refractivity contribution in [3.05, 3.63) is 23.3 Å². The van der Waals surface area contributed by atoms with Gasteiger partial charge in [-0.3, -0.25) is 4.98 Å². The maximum Gasteiger partial charge on any atom is 0.0578 e. The summed E-state index contributed by atoms with van der Waals surface area (Å²) in [6, 6.07) is 2.08. The van der Waals surface area contributed by atoms with E-state index in [0.717, 1.165) is 6.54 Å². The molecule has 2 aromatic rings. The van der Waals surface area contributed by atoms with Gasteiger partial charge in [-0.2, -0.15) is 0 Å². The van der Waals surface area contributed by atoms with Crippen LogP contribution in [0.25, 0.3) is 10.1 Å². The van der Waals surface area contributed by atoms with Gasteiger partial charge in [0.15, 0.2) is 0 Å². The van der Waals surface area contributed by atoms with Gasteiger partial charge in [-0.25, -0.2) is 0 Å². The van der Waals surface area contributed by atoms with Gasteiger partial charge >= 0.3 is 0 Å². The summed E-state index contributed by atoms with van der Waals surface area (Å²) < 4.78 is 1.35. The number of nitrogens with zero attached hydrogens (tertiary/aromatic N) is 1. The van der Waals surface area contributed by atoms with Gasteiger partial charge in [0.25, 0.3) is 0 Å². The fraction of sp³-hybridized carbons (Fsp3) is 0.222. The van der Waals surface area contributed by atoms with Gasteiger partial charge in [-0.05, 0) is 6.07 Å². The lowest BCUT2D eigenvalue weighted by atomic mass is 10.3. The number of nitrogens with one attached hydrogen (secondary N) is 1. The smallest absolute Gasteiger partial charge is 0.0578 e. The minimum absolute atomic E-state index is 1.09. The molecule has 0 amide bonds. The Morgan fingerprint density at radius 1 is 1.50 bits per heavy atom. The third-order valence-corrected chi connectivity index (χ3v) is 3.45. The Balaban J connectivity index is 2.44. The average Bonchev–Trinajstić information content (AvgIpc) is 2.62. The minimum Gasteiger partial charge on any atom is -0.383 e. The molecule has 0 aromatic carbocycles. The lowest BCUT2D eigenvalue weighted by Gasteiger charge is -1.93. The van der Waals surface area contributed by atoms with Crippen LogP contribution in [0.4, 0.5) is 5.69 Å². The summed E-state index contributed by atoms with van der Waals surface area (Å²) in [5.74, 6) is 0. The molecule has 0 aliphatic carbocycles. The SMILES string of the molecule is c1cc2sc3c(c2cn1)NCC3. The van der Waals surface area contributed by atoms with Crippen LogP contribution >= 0.6 is 11.3 Å². The van der Waals surface area contributed by atoms with E-state index in [1.54, 1.807) is 0 Å². The molecule has 60 valence electrons. The van der Waals surface area contributed by atoms with Gasteiger partial charge in [0.2, 0.25) is 0 Å². The summed E-state index contributed by atoms with van der Waals surface area (Å²) in [7, 11) is 0. The first-order valence-corrected chi connectivity index (χ1v) is 4.86. The Hall–Kier alpha value is -1.09. The number of rotatable bonds is 0. The monoisotopic (exact) mass is 176 g/mol. The van der Waals surface area contributed by atoms with E-state index in [-0.39, 0.29) is 0 Å². The molecule has 0 saturated heterocycles. The maximum absolute atomic E-state index is 4.13. The van der Waals surface area contributed by atoms with E-state index < -0.39 is 0 Å². The standard InChI is InChI=1S/C9H8N2S/c1-3-10-5-6-7(1)12-8-2-4-11-9(6)8/h1,3,5,11H,2,4H2. The molecule has 1 aliphatic heterocycles. The second-order valence-electron chi connectivity index (χ2n) is 2.95. The molecule has 0 bridgehead atoms. The zero-order valence-electron chi connectivity index (χ0n) is 6.50. The lowest BCUT2D eigenvalue weighted by molar-refractivity contribution is 1.12. The van der Waals surface area contributed by atoms with Gasteiger partial charge in [0.05, 0.1) is 5.69 Å². The summed E-state index contributed by atoms with van der Waals surface area (Å²) in [5.41, 5.74) is 1.32. The van der Waals surface area contributed by atoms with Crippen molar-refractivity contribution in [1.29, 1.82) is 0 Å². The first-order chi connectivity index (χ1) is 5.95. The lowest BCUT2D eigenvalue weighted by Crippen LogP contribution is -1.91. The number of aromatic nitrogens is 1. The second-order valence-corrected chi connectivity index (χ2v) is 4.09. The summed E-state index contributed by atoms with van der Waals surface area (Å²) >= 11 is 1.88. The van der Waals surface area contributed by atoms with Gasteiger partial charge in [-0.15, -0.1) is 11.3 Å². The number of hydrogen-bond acceptors (Lipinski definition) is 3. The molecule has 2 aromatic heterocycles. The maximum atomic E-state index is 4.13. The molecule has 1 aliphatic rings. The normalized spacial score (nSPS) is 14.7. The summed E-state index contributed by atoms with van der Waals surface area (Å²) in [5, 5.41) is 4.68. The summed E-state index contributed by atoms with van der Waals surface area (Å²) in [6.07, 6.45) is 4.98. The van der Waals surface area contributed by atoms with Gasteiger partial charge in [0.1, 0.15) is 0 Å². The van der Waals surface area contributed by atoms with E-state index in [1.807, 2.05) is 23.7 Å². The molecule has 0 saturated carbocycles.